The Morgan fingerprint density at radius 1 is 0.833 bits per heavy atom. The van der Waals surface area contributed by atoms with Gasteiger partial charge in [-0.25, -0.2) is 0 Å². The molecule has 1 nitrogen and oxygen atoms in total. The van der Waals surface area contributed by atoms with Gasteiger partial charge in [-0.05, 0) is 24.8 Å². The highest BCUT2D eigenvalue weighted by molar-refractivity contribution is 7.28. The van der Waals surface area contributed by atoms with Crippen LogP contribution in [0, 0.1) is 0 Å². The molecule has 1 unspecified atom stereocenters. The molecule has 1 atom stereocenters. The molecule has 0 amide bonds. The third-order valence-electron chi connectivity index (χ3n) is 4.67. The van der Waals surface area contributed by atoms with Gasteiger partial charge in [0.05, 0.1) is 6.61 Å². The van der Waals surface area contributed by atoms with Crippen LogP contribution in [0.4, 0.5) is 0 Å². The first kappa shape index (κ1) is 19.8. The Hall–Kier alpha value is -0.540. The number of fused-ring (bicyclic) bond motifs is 1. The molecule has 2 aromatic heterocycles. The van der Waals surface area contributed by atoms with Crippen molar-refractivity contribution in [3.8, 4) is 5.06 Å². The smallest absolute Gasteiger partial charge is 0.175 e. The van der Waals surface area contributed by atoms with Gasteiger partial charge in [0.2, 0.25) is 0 Å². The van der Waals surface area contributed by atoms with Crippen LogP contribution in [0.15, 0.2) is 12.1 Å². The second-order valence-electron chi connectivity index (χ2n) is 6.96. The molecule has 0 aliphatic carbocycles. The van der Waals surface area contributed by atoms with E-state index in [2.05, 4.69) is 32.9 Å². The van der Waals surface area contributed by atoms with Crippen LogP contribution in [0.3, 0.4) is 0 Å². The second-order valence-corrected chi connectivity index (χ2v) is 9.12. The monoisotopic (exact) mass is 366 g/mol. The molecule has 0 saturated heterocycles. The van der Waals surface area contributed by atoms with Gasteiger partial charge in [-0.15, -0.1) is 11.3 Å². The van der Waals surface area contributed by atoms with Crippen LogP contribution < -0.4 is 4.74 Å². The maximum Gasteiger partial charge on any atom is 0.175 e. The number of ether oxygens (including phenoxy) is 1. The fourth-order valence-corrected chi connectivity index (χ4v) is 5.39. The third-order valence-corrected chi connectivity index (χ3v) is 7.11. The zero-order valence-corrected chi connectivity index (χ0v) is 17.4. The Bertz CT molecular complexity index is 538. The molecule has 24 heavy (non-hydrogen) atoms. The molecule has 2 aromatic rings. The van der Waals surface area contributed by atoms with Crippen LogP contribution in [0.1, 0.15) is 95.8 Å². The molecular weight excluding hydrogens is 332 g/mol. The summed E-state index contributed by atoms with van der Waals surface area (Å²) < 4.78 is 8.79. The molecule has 136 valence electrons. The fourth-order valence-electron chi connectivity index (χ4n) is 3.03. The summed E-state index contributed by atoms with van der Waals surface area (Å²) in [6.07, 6.45) is 13.3. The number of rotatable bonds is 13. The standard InChI is InChI=1S/C21H34OS2/c1-4-6-8-9-10-11-12-14-22-21-16-20-19(24-21)15-18(23-20)17(3)13-7-5-2/h15-17H,4-14H2,1-3H3. The van der Waals surface area contributed by atoms with Gasteiger partial charge in [0, 0.05) is 20.3 Å². The average Bonchev–Trinajstić information content (AvgIpc) is 3.13. The lowest BCUT2D eigenvalue weighted by Gasteiger charge is -2.07. The number of unbranched alkanes of at least 4 members (excludes halogenated alkanes) is 7. The van der Waals surface area contributed by atoms with Crippen molar-refractivity contribution in [2.24, 2.45) is 0 Å². The van der Waals surface area contributed by atoms with Crippen molar-refractivity contribution in [1.29, 1.82) is 0 Å². The number of hydrogen-bond acceptors (Lipinski definition) is 3. The summed E-state index contributed by atoms with van der Waals surface area (Å²) in [7, 11) is 0. The summed E-state index contributed by atoms with van der Waals surface area (Å²) in [5.74, 6) is 0.701. The molecule has 2 rings (SSSR count). The molecule has 0 bridgehead atoms. The summed E-state index contributed by atoms with van der Waals surface area (Å²) in [5.41, 5.74) is 0. The van der Waals surface area contributed by atoms with E-state index >= 15 is 0 Å². The average molecular weight is 367 g/mol. The van der Waals surface area contributed by atoms with E-state index in [1.807, 2.05) is 22.7 Å². The minimum atomic E-state index is 0.701. The summed E-state index contributed by atoms with van der Waals surface area (Å²) in [5, 5.41) is 1.11. The van der Waals surface area contributed by atoms with Gasteiger partial charge in [0.25, 0.3) is 0 Å². The van der Waals surface area contributed by atoms with Crippen LogP contribution in [0.2, 0.25) is 0 Å². The fraction of sp³-hybridized carbons (Fsp3) is 0.714. The van der Waals surface area contributed by atoms with Gasteiger partial charge in [-0.1, -0.05) is 83.5 Å². The Morgan fingerprint density at radius 3 is 2.21 bits per heavy atom. The zero-order chi connectivity index (χ0) is 17.2. The second kappa shape index (κ2) is 11.1. The van der Waals surface area contributed by atoms with E-state index in [9.17, 15) is 0 Å². The van der Waals surface area contributed by atoms with E-state index in [0.29, 0.717) is 5.92 Å². The Labute approximate surface area is 156 Å². The van der Waals surface area contributed by atoms with Crippen molar-refractivity contribution >= 4 is 32.1 Å². The molecule has 0 spiro atoms. The van der Waals surface area contributed by atoms with E-state index in [-0.39, 0.29) is 0 Å². The zero-order valence-electron chi connectivity index (χ0n) is 15.7. The largest absolute Gasteiger partial charge is 0.484 e. The molecule has 0 fully saturated rings. The van der Waals surface area contributed by atoms with Gasteiger partial charge in [0.15, 0.2) is 5.06 Å². The van der Waals surface area contributed by atoms with Crippen LogP contribution >= 0.6 is 22.7 Å². The SMILES string of the molecule is CCCCCCCCCOc1cc2sc(C(C)CCCC)cc2s1. The highest BCUT2D eigenvalue weighted by Gasteiger charge is 2.12. The van der Waals surface area contributed by atoms with Crippen LogP contribution in [-0.2, 0) is 0 Å². The van der Waals surface area contributed by atoms with E-state index in [4.69, 9.17) is 4.74 Å². The molecule has 0 radical (unpaired) electrons. The maximum atomic E-state index is 5.97. The van der Waals surface area contributed by atoms with Gasteiger partial charge < -0.3 is 4.74 Å². The highest BCUT2D eigenvalue weighted by atomic mass is 32.1. The predicted molar refractivity (Wildman–Crippen MR) is 111 cm³/mol. The van der Waals surface area contributed by atoms with Gasteiger partial charge in [0.1, 0.15) is 0 Å². The van der Waals surface area contributed by atoms with Crippen molar-refractivity contribution in [1.82, 2.24) is 0 Å². The minimum absolute atomic E-state index is 0.701. The maximum absolute atomic E-state index is 5.97. The van der Waals surface area contributed by atoms with E-state index < -0.39 is 0 Å². The molecule has 0 N–H and O–H groups in total. The number of thiophene rings is 2. The Kier molecular flexibility index (Phi) is 9.19. The first-order valence-electron chi connectivity index (χ1n) is 9.90. The quantitative estimate of drug-likeness (QED) is 0.323. The third kappa shape index (κ3) is 6.40. The summed E-state index contributed by atoms with van der Waals surface area (Å²) >= 11 is 3.78. The van der Waals surface area contributed by atoms with E-state index in [1.54, 1.807) is 4.88 Å². The predicted octanol–water partition coefficient (Wildman–Crippen LogP) is 8.39. The molecule has 0 aliphatic rings. The van der Waals surface area contributed by atoms with Crippen molar-refractivity contribution in [3.63, 3.8) is 0 Å². The Balaban J connectivity index is 1.69. The van der Waals surface area contributed by atoms with E-state index in [0.717, 1.165) is 11.7 Å². The summed E-state index contributed by atoms with van der Waals surface area (Å²) in [4.78, 5) is 1.54. The highest BCUT2D eigenvalue weighted by Crippen LogP contribution is 2.40. The normalized spacial score (nSPS) is 12.8. The molecule has 0 aliphatic heterocycles. The molecular formula is C21H34OS2. The molecule has 0 saturated carbocycles. The van der Waals surface area contributed by atoms with Gasteiger partial charge in [-0.2, -0.15) is 0 Å². The first-order valence-corrected chi connectivity index (χ1v) is 11.5. The first-order chi connectivity index (χ1) is 11.7. The van der Waals surface area contributed by atoms with Crippen LogP contribution in [-0.4, -0.2) is 6.61 Å². The lowest BCUT2D eigenvalue weighted by molar-refractivity contribution is 0.313. The Morgan fingerprint density at radius 2 is 1.50 bits per heavy atom. The lowest BCUT2D eigenvalue weighted by Crippen LogP contribution is -1.95. The van der Waals surface area contributed by atoms with Crippen molar-refractivity contribution in [3.05, 3.63) is 17.0 Å². The number of hydrogen-bond donors (Lipinski definition) is 0. The topological polar surface area (TPSA) is 9.23 Å². The summed E-state index contributed by atoms with van der Waals surface area (Å²) in [6.45, 7) is 7.79. The molecule has 3 heteroatoms. The van der Waals surface area contributed by atoms with Crippen molar-refractivity contribution < 1.29 is 4.74 Å². The molecule has 2 heterocycles. The van der Waals surface area contributed by atoms with Gasteiger partial charge in [-0.3, -0.25) is 0 Å². The minimum Gasteiger partial charge on any atom is -0.484 e. The van der Waals surface area contributed by atoms with Crippen molar-refractivity contribution in [2.75, 3.05) is 6.61 Å². The van der Waals surface area contributed by atoms with Crippen LogP contribution in [0.5, 0.6) is 5.06 Å². The summed E-state index contributed by atoms with van der Waals surface area (Å²) in [6, 6.07) is 4.65. The van der Waals surface area contributed by atoms with E-state index in [1.165, 1.54) is 73.6 Å². The van der Waals surface area contributed by atoms with Crippen molar-refractivity contribution in [2.45, 2.75) is 90.9 Å². The van der Waals surface area contributed by atoms with Crippen LogP contribution in [0.25, 0.3) is 9.40 Å². The van der Waals surface area contributed by atoms with Gasteiger partial charge >= 0.3 is 0 Å². The molecule has 0 aromatic carbocycles. The lowest BCUT2D eigenvalue weighted by atomic mass is 10.0.